The van der Waals surface area contributed by atoms with Crippen LogP contribution >= 0.6 is 11.6 Å². The number of halogens is 1. The van der Waals surface area contributed by atoms with E-state index in [0.717, 1.165) is 29.9 Å². The van der Waals surface area contributed by atoms with Crippen LogP contribution < -0.4 is 0 Å². The lowest BCUT2D eigenvalue weighted by atomic mass is 10.3. The van der Waals surface area contributed by atoms with Gasteiger partial charge in [0, 0.05) is 12.0 Å². The van der Waals surface area contributed by atoms with Crippen molar-refractivity contribution in [1.82, 2.24) is 0 Å². The van der Waals surface area contributed by atoms with Crippen molar-refractivity contribution in [2.45, 2.75) is 25.1 Å². The average Bonchev–Trinajstić information content (AvgIpc) is 1.83. The van der Waals surface area contributed by atoms with Crippen molar-refractivity contribution < 1.29 is 4.43 Å². The maximum Gasteiger partial charge on any atom is 0.145 e. The van der Waals surface area contributed by atoms with Gasteiger partial charge >= 0.3 is 0 Å². The van der Waals surface area contributed by atoms with Gasteiger partial charge in [0.2, 0.25) is 0 Å². The molecule has 0 saturated carbocycles. The highest BCUT2D eigenvalue weighted by Gasteiger charge is 1.97. The molecule has 0 saturated heterocycles. The van der Waals surface area contributed by atoms with Gasteiger partial charge in [-0.05, 0) is 12.8 Å². The molecule has 0 aliphatic heterocycles. The summed E-state index contributed by atoms with van der Waals surface area (Å²) in [6.45, 7) is 2.93. The molecule has 0 fully saturated rings. The van der Waals surface area contributed by atoms with Crippen LogP contribution in [0, 0.1) is 0 Å². The van der Waals surface area contributed by atoms with E-state index in [1.165, 1.54) is 0 Å². The highest BCUT2D eigenvalue weighted by atomic mass is 35.5. The molecule has 0 aromatic rings. The third-order valence-corrected chi connectivity index (χ3v) is 2.01. The minimum absolute atomic E-state index is 0.323. The molecular formula is C5H13ClOSi. The van der Waals surface area contributed by atoms with Gasteiger partial charge in [-0.1, -0.05) is 6.92 Å². The van der Waals surface area contributed by atoms with Crippen LogP contribution in [0.3, 0.4) is 0 Å². The van der Waals surface area contributed by atoms with Crippen LogP contribution in [0.25, 0.3) is 0 Å². The molecule has 0 rings (SSSR count). The summed E-state index contributed by atoms with van der Waals surface area (Å²) in [6.07, 6.45) is 2.05. The van der Waals surface area contributed by atoms with Crippen molar-refractivity contribution in [3.63, 3.8) is 0 Å². The fourth-order valence-electron chi connectivity index (χ4n) is 0.450. The van der Waals surface area contributed by atoms with E-state index in [4.69, 9.17) is 16.0 Å². The first-order valence-electron chi connectivity index (χ1n) is 2.94. The quantitative estimate of drug-likeness (QED) is 0.426. The van der Waals surface area contributed by atoms with Gasteiger partial charge in [0.15, 0.2) is 0 Å². The van der Waals surface area contributed by atoms with Crippen LogP contribution in [-0.4, -0.2) is 22.5 Å². The van der Waals surface area contributed by atoms with E-state index in [1.807, 2.05) is 0 Å². The zero-order chi connectivity index (χ0) is 6.41. The molecule has 0 aliphatic carbocycles. The second-order valence-corrected chi connectivity index (χ2v) is 2.98. The second kappa shape index (κ2) is 5.60. The van der Waals surface area contributed by atoms with E-state index in [-0.39, 0.29) is 0 Å². The van der Waals surface area contributed by atoms with E-state index in [2.05, 4.69) is 6.92 Å². The van der Waals surface area contributed by atoms with Crippen molar-refractivity contribution in [1.29, 1.82) is 0 Å². The molecule has 1 nitrogen and oxygen atoms in total. The summed E-state index contributed by atoms with van der Waals surface area (Å²) in [5.74, 6) is 0. The lowest BCUT2D eigenvalue weighted by Gasteiger charge is -2.02. The van der Waals surface area contributed by atoms with E-state index in [9.17, 15) is 0 Å². The van der Waals surface area contributed by atoms with Crippen LogP contribution in [0.1, 0.15) is 19.8 Å². The Kier molecular flexibility index (Phi) is 5.93. The lowest BCUT2D eigenvalue weighted by molar-refractivity contribution is 0.337. The Balaban J connectivity index is 2.86. The molecule has 0 bridgehead atoms. The Hall–Kier alpha value is 0.467. The molecule has 8 heavy (non-hydrogen) atoms. The smallest absolute Gasteiger partial charge is 0.145 e. The maximum atomic E-state index is 5.78. The van der Waals surface area contributed by atoms with Crippen LogP contribution in [0.4, 0.5) is 0 Å². The Labute approximate surface area is 58.9 Å². The van der Waals surface area contributed by atoms with Gasteiger partial charge in [0.25, 0.3) is 0 Å². The summed E-state index contributed by atoms with van der Waals surface area (Å²) >= 11 is 5.78. The Morgan fingerprint density at radius 3 is 2.75 bits per heavy atom. The van der Waals surface area contributed by atoms with Crippen molar-refractivity contribution >= 4 is 22.1 Å². The van der Waals surface area contributed by atoms with Gasteiger partial charge in [-0.25, -0.2) is 0 Å². The number of hydrogen-bond acceptors (Lipinski definition) is 1. The van der Waals surface area contributed by atoms with Gasteiger partial charge < -0.3 is 4.43 Å². The van der Waals surface area contributed by atoms with Gasteiger partial charge in [0.05, 0.1) is 0 Å². The highest BCUT2D eigenvalue weighted by Crippen LogP contribution is 2.04. The summed E-state index contributed by atoms with van der Waals surface area (Å²) in [4.78, 5) is 0. The van der Waals surface area contributed by atoms with Gasteiger partial charge in [-0.2, -0.15) is 0 Å². The molecule has 3 heteroatoms. The summed E-state index contributed by atoms with van der Waals surface area (Å²) < 4.78 is 4.97. The molecule has 0 amide bonds. The predicted octanol–water partition coefficient (Wildman–Crippen LogP) is 0.691. The molecule has 0 radical (unpaired) electrons. The predicted molar refractivity (Wildman–Crippen MR) is 40.4 cm³/mol. The average molecular weight is 153 g/mol. The minimum Gasteiger partial charge on any atom is -0.428 e. The number of rotatable bonds is 4. The molecule has 0 aromatic carbocycles. The summed E-state index contributed by atoms with van der Waals surface area (Å²) in [5, 5.41) is 0.323. The van der Waals surface area contributed by atoms with E-state index >= 15 is 0 Å². The van der Waals surface area contributed by atoms with Crippen LogP contribution in [0.15, 0.2) is 0 Å². The Morgan fingerprint density at radius 2 is 2.38 bits per heavy atom. The molecule has 0 spiro atoms. The van der Waals surface area contributed by atoms with Crippen molar-refractivity contribution in [3.8, 4) is 0 Å². The highest BCUT2D eigenvalue weighted by molar-refractivity contribution is 6.20. The summed E-state index contributed by atoms with van der Waals surface area (Å²) in [5.41, 5.74) is 0. The Bertz CT molecular complexity index is 51.7. The molecule has 50 valence electrons. The van der Waals surface area contributed by atoms with Crippen LogP contribution in [0.5, 0.6) is 0 Å². The van der Waals surface area contributed by atoms with Gasteiger partial charge in [-0.3, -0.25) is 0 Å². The topological polar surface area (TPSA) is 9.23 Å². The lowest BCUT2D eigenvalue weighted by Crippen LogP contribution is -2.01. The molecule has 0 N–H and O–H groups in total. The largest absolute Gasteiger partial charge is 0.428 e. The van der Waals surface area contributed by atoms with E-state index < -0.39 is 0 Å². The monoisotopic (exact) mass is 152 g/mol. The Morgan fingerprint density at radius 1 is 1.75 bits per heavy atom. The summed E-state index contributed by atoms with van der Waals surface area (Å²) in [7, 11) is 0.838. The minimum atomic E-state index is 0.323. The fourth-order valence-corrected chi connectivity index (χ4v) is 0.775. The molecule has 0 aromatic heterocycles. The third-order valence-electron chi connectivity index (χ3n) is 1.08. The maximum absolute atomic E-state index is 5.78. The standard InChI is InChI=1S/C5H13ClOSi/c1-2-5(6)3-4-7-8/h5H,2-4H2,1,8H3. The first-order chi connectivity index (χ1) is 3.81. The first kappa shape index (κ1) is 8.47. The van der Waals surface area contributed by atoms with Crippen molar-refractivity contribution in [2.75, 3.05) is 6.61 Å². The van der Waals surface area contributed by atoms with Crippen molar-refractivity contribution in [2.24, 2.45) is 0 Å². The van der Waals surface area contributed by atoms with E-state index in [0.29, 0.717) is 5.38 Å². The summed E-state index contributed by atoms with van der Waals surface area (Å²) in [6, 6.07) is 0. The van der Waals surface area contributed by atoms with Gasteiger partial charge in [0.1, 0.15) is 10.5 Å². The number of hydrogen-bond donors (Lipinski definition) is 0. The molecular weight excluding hydrogens is 140 g/mol. The SMILES string of the molecule is CCC(Cl)CCO[SiH3]. The normalized spacial score (nSPS) is 14.2. The van der Waals surface area contributed by atoms with E-state index in [1.54, 1.807) is 0 Å². The van der Waals surface area contributed by atoms with Gasteiger partial charge in [-0.15, -0.1) is 11.6 Å². The zero-order valence-electron chi connectivity index (χ0n) is 5.48. The number of alkyl halides is 1. The zero-order valence-corrected chi connectivity index (χ0v) is 8.24. The molecule has 1 atom stereocenters. The molecule has 0 aliphatic rings. The van der Waals surface area contributed by atoms with Crippen LogP contribution in [0.2, 0.25) is 0 Å². The van der Waals surface area contributed by atoms with Crippen LogP contribution in [-0.2, 0) is 4.43 Å². The third kappa shape index (κ3) is 4.62. The first-order valence-corrected chi connectivity index (χ1v) is 4.19. The molecule has 1 unspecified atom stereocenters. The molecule has 0 heterocycles. The fraction of sp³-hybridized carbons (Fsp3) is 1.00. The second-order valence-electron chi connectivity index (χ2n) is 1.79. The van der Waals surface area contributed by atoms with Crippen molar-refractivity contribution in [3.05, 3.63) is 0 Å².